The molecule has 1 heterocycles. The van der Waals surface area contributed by atoms with Gasteiger partial charge in [-0.05, 0) is 34.4 Å². The molecule has 0 saturated carbocycles. The average Bonchev–Trinajstić information content (AvgIpc) is 3.38. The van der Waals surface area contributed by atoms with E-state index in [1.54, 1.807) is 0 Å². The molecule has 8 heteroatoms. The van der Waals surface area contributed by atoms with Crippen molar-refractivity contribution in [3.05, 3.63) is 83.3 Å². The Kier molecular flexibility index (Phi) is 5.70. The molecule has 0 aliphatic heterocycles. The third kappa shape index (κ3) is 4.42. The van der Waals surface area contributed by atoms with Gasteiger partial charge in [0.25, 0.3) is 0 Å². The summed E-state index contributed by atoms with van der Waals surface area (Å²) in [5.41, 5.74) is 4.48. The van der Waals surface area contributed by atoms with E-state index in [4.69, 9.17) is 14.3 Å². The molecule has 31 heavy (non-hydrogen) atoms. The molecule has 3 N–H and O–H groups in total. The Balaban J connectivity index is 1.26. The largest absolute Gasteiger partial charge is 0.475 e. The number of fused-ring (bicyclic) bond motifs is 3. The molecule has 0 atom stereocenters. The minimum Gasteiger partial charge on any atom is -0.475 e. The number of carbonyl (C=O) groups excluding carboxylic acids is 2. The van der Waals surface area contributed by atoms with Crippen molar-refractivity contribution in [2.45, 2.75) is 12.5 Å². The highest BCUT2D eigenvalue weighted by molar-refractivity contribution is 5.84. The number of hydrogen-bond acceptors (Lipinski definition) is 5. The number of rotatable bonds is 7. The van der Waals surface area contributed by atoms with Crippen molar-refractivity contribution in [2.75, 3.05) is 13.2 Å². The van der Waals surface area contributed by atoms with Crippen molar-refractivity contribution in [3.63, 3.8) is 0 Å². The van der Waals surface area contributed by atoms with Gasteiger partial charge in [-0.3, -0.25) is 4.79 Å². The second-order valence-corrected chi connectivity index (χ2v) is 7.03. The van der Waals surface area contributed by atoms with Crippen molar-refractivity contribution >= 4 is 18.0 Å². The van der Waals surface area contributed by atoms with Crippen LogP contribution in [0.1, 0.15) is 33.4 Å². The molecule has 1 aliphatic carbocycles. The van der Waals surface area contributed by atoms with Crippen LogP contribution in [0, 0.1) is 0 Å². The molecular formula is C23H20N2O6. The van der Waals surface area contributed by atoms with E-state index in [2.05, 4.69) is 22.8 Å². The van der Waals surface area contributed by atoms with Crippen molar-refractivity contribution in [2.24, 2.45) is 0 Å². The van der Waals surface area contributed by atoms with Gasteiger partial charge in [0.1, 0.15) is 18.9 Å². The molecule has 8 nitrogen and oxygen atoms in total. The van der Waals surface area contributed by atoms with Crippen molar-refractivity contribution < 1.29 is 28.6 Å². The molecule has 158 valence electrons. The molecule has 0 bridgehead atoms. The Morgan fingerprint density at radius 1 is 0.903 bits per heavy atom. The van der Waals surface area contributed by atoms with Gasteiger partial charge in [-0.1, -0.05) is 48.5 Å². The number of carbonyl (C=O) groups is 3. The van der Waals surface area contributed by atoms with Gasteiger partial charge >= 0.3 is 12.1 Å². The predicted molar refractivity (Wildman–Crippen MR) is 111 cm³/mol. The van der Waals surface area contributed by atoms with Crippen LogP contribution >= 0.6 is 0 Å². The highest BCUT2D eigenvalue weighted by Gasteiger charge is 2.29. The second-order valence-electron chi connectivity index (χ2n) is 7.03. The number of alkyl carbamates (subject to hydrolysis) is 1. The lowest BCUT2D eigenvalue weighted by molar-refractivity contribution is -0.120. The summed E-state index contributed by atoms with van der Waals surface area (Å²) < 4.78 is 10.4. The lowest BCUT2D eigenvalue weighted by Crippen LogP contribution is -2.37. The number of amides is 2. The molecule has 1 aliphatic rings. The Morgan fingerprint density at radius 2 is 1.55 bits per heavy atom. The molecule has 2 amide bonds. The topological polar surface area (TPSA) is 118 Å². The lowest BCUT2D eigenvalue weighted by Gasteiger charge is -2.14. The number of furan rings is 1. The first kappa shape index (κ1) is 20.2. The monoisotopic (exact) mass is 420 g/mol. The summed E-state index contributed by atoms with van der Waals surface area (Å²) in [6, 6.07) is 18.8. The van der Waals surface area contributed by atoms with Crippen molar-refractivity contribution in [1.29, 1.82) is 0 Å². The van der Waals surface area contributed by atoms with Gasteiger partial charge in [0.2, 0.25) is 11.7 Å². The fourth-order valence-electron chi connectivity index (χ4n) is 3.64. The quantitative estimate of drug-likeness (QED) is 0.541. The number of carboxylic acid groups (broad SMARTS) is 1. The maximum absolute atomic E-state index is 12.1. The number of ether oxygens (including phenoxy) is 1. The number of hydrogen-bond donors (Lipinski definition) is 3. The fraction of sp³-hybridized carbons (Fsp3) is 0.174. The molecule has 0 radical (unpaired) electrons. The molecule has 0 fully saturated rings. The Labute approximate surface area is 177 Å². The van der Waals surface area contributed by atoms with Gasteiger partial charge in [-0.2, -0.15) is 0 Å². The van der Waals surface area contributed by atoms with E-state index >= 15 is 0 Å². The van der Waals surface area contributed by atoms with Crippen LogP contribution in [0.15, 0.2) is 65.1 Å². The minimum absolute atomic E-state index is 0.0124. The van der Waals surface area contributed by atoms with E-state index < -0.39 is 18.0 Å². The zero-order valence-electron chi connectivity index (χ0n) is 16.5. The molecule has 0 unspecified atom stereocenters. The molecular weight excluding hydrogens is 400 g/mol. The summed E-state index contributed by atoms with van der Waals surface area (Å²) >= 11 is 0. The van der Waals surface area contributed by atoms with E-state index in [0.29, 0.717) is 5.76 Å². The van der Waals surface area contributed by atoms with Gasteiger partial charge < -0.3 is 24.9 Å². The SMILES string of the molecule is O=C(CNC(=O)OCC1c2ccccc2-c2ccccc21)NCc1ccc(C(=O)O)o1. The lowest BCUT2D eigenvalue weighted by atomic mass is 9.98. The predicted octanol–water partition coefficient (Wildman–Crippen LogP) is 3.13. The van der Waals surface area contributed by atoms with E-state index in [1.165, 1.54) is 12.1 Å². The van der Waals surface area contributed by atoms with Crippen LogP contribution in [0.3, 0.4) is 0 Å². The fourth-order valence-corrected chi connectivity index (χ4v) is 3.64. The van der Waals surface area contributed by atoms with Gasteiger partial charge in [-0.15, -0.1) is 0 Å². The van der Waals surface area contributed by atoms with E-state index in [9.17, 15) is 14.4 Å². The Morgan fingerprint density at radius 3 is 2.16 bits per heavy atom. The van der Waals surface area contributed by atoms with Gasteiger partial charge in [0.05, 0.1) is 6.54 Å². The number of aromatic carboxylic acids is 1. The summed E-state index contributed by atoms with van der Waals surface area (Å²) in [7, 11) is 0. The van der Waals surface area contributed by atoms with Crippen molar-refractivity contribution in [3.8, 4) is 11.1 Å². The molecule has 4 rings (SSSR count). The first-order valence-electron chi connectivity index (χ1n) is 9.70. The van der Waals surface area contributed by atoms with Crippen LogP contribution in [0.5, 0.6) is 0 Å². The average molecular weight is 420 g/mol. The molecule has 3 aromatic rings. The van der Waals surface area contributed by atoms with Crippen LogP contribution in [0.2, 0.25) is 0 Å². The minimum atomic E-state index is -1.19. The maximum atomic E-state index is 12.1. The summed E-state index contributed by atoms with van der Waals surface area (Å²) in [4.78, 5) is 34.8. The van der Waals surface area contributed by atoms with E-state index in [1.807, 2.05) is 36.4 Å². The third-order valence-electron chi connectivity index (χ3n) is 5.07. The third-order valence-corrected chi connectivity index (χ3v) is 5.07. The smallest absolute Gasteiger partial charge is 0.407 e. The zero-order chi connectivity index (χ0) is 21.8. The molecule has 0 spiro atoms. The standard InChI is InChI=1S/C23H20N2O6/c26-21(24-11-14-9-10-20(31-14)22(27)28)12-25-23(29)30-13-19-17-7-3-1-5-15(17)16-6-2-4-8-18(16)19/h1-10,19H,11-13H2,(H,24,26)(H,25,29)(H,27,28). The highest BCUT2D eigenvalue weighted by atomic mass is 16.5. The Hall–Kier alpha value is -4.07. The maximum Gasteiger partial charge on any atom is 0.407 e. The van der Waals surface area contributed by atoms with Crippen LogP contribution in [-0.2, 0) is 16.1 Å². The van der Waals surface area contributed by atoms with Crippen LogP contribution in [0.25, 0.3) is 11.1 Å². The van der Waals surface area contributed by atoms with Crippen LogP contribution in [0.4, 0.5) is 4.79 Å². The van der Waals surface area contributed by atoms with E-state index in [-0.39, 0.29) is 31.4 Å². The molecule has 1 aromatic heterocycles. The zero-order valence-corrected chi connectivity index (χ0v) is 16.5. The number of carboxylic acids is 1. The number of nitrogens with one attached hydrogen (secondary N) is 2. The first-order valence-corrected chi connectivity index (χ1v) is 9.70. The highest BCUT2D eigenvalue weighted by Crippen LogP contribution is 2.44. The van der Waals surface area contributed by atoms with E-state index in [0.717, 1.165) is 22.3 Å². The first-order chi connectivity index (χ1) is 15.0. The summed E-state index contributed by atoms with van der Waals surface area (Å²) in [5.74, 6) is -1.61. The normalized spacial score (nSPS) is 12.0. The summed E-state index contributed by atoms with van der Waals surface area (Å²) in [6.45, 7) is -0.104. The Bertz CT molecular complexity index is 1090. The van der Waals surface area contributed by atoms with Crippen molar-refractivity contribution in [1.82, 2.24) is 10.6 Å². The van der Waals surface area contributed by atoms with Gasteiger partial charge in [0, 0.05) is 5.92 Å². The second kappa shape index (κ2) is 8.74. The van der Waals surface area contributed by atoms with Crippen LogP contribution < -0.4 is 10.6 Å². The van der Waals surface area contributed by atoms with Crippen LogP contribution in [-0.4, -0.2) is 36.2 Å². The molecule has 0 saturated heterocycles. The molecule has 2 aromatic carbocycles. The summed E-state index contributed by atoms with van der Waals surface area (Å²) in [5, 5.41) is 13.8. The van der Waals surface area contributed by atoms with Gasteiger partial charge in [0.15, 0.2) is 0 Å². The summed E-state index contributed by atoms with van der Waals surface area (Å²) in [6.07, 6.45) is -0.692. The van der Waals surface area contributed by atoms with Gasteiger partial charge in [-0.25, -0.2) is 9.59 Å². The number of benzene rings is 2.